The number of carbonyl (C=O) groups is 1. The van der Waals surface area contributed by atoms with Crippen molar-refractivity contribution >= 4 is 5.97 Å². The molecule has 1 aromatic heterocycles. The molecule has 1 N–H and O–H groups in total. The Balaban J connectivity index is 1.62. The van der Waals surface area contributed by atoms with Gasteiger partial charge in [0, 0.05) is 19.6 Å². The van der Waals surface area contributed by atoms with Gasteiger partial charge in [0.05, 0.1) is 24.6 Å². The molecule has 35 heavy (non-hydrogen) atoms. The first-order chi connectivity index (χ1) is 17.0. The Morgan fingerprint density at radius 1 is 1.11 bits per heavy atom. The molecule has 2 heterocycles. The molecular weight excluding hydrogens is 442 g/mol. The molecule has 1 aliphatic rings. The van der Waals surface area contributed by atoms with Gasteiger partial charge in [0.2, 0.25) is 5.88 Å². The summed E-state index contributed by atoms with van der Waals surface area (Å²) in [5, 5.41) is 14.5. The van der Waals surface area contributed by atoms with Gasteiger partial charge in [-0.3, -0.25) is 4.90 Å². The number of morpholine rings is 1. The van der Waals surface area contributed by atoms with Gasteiger partial charge >= 0.3 is 5.97 Å². The zero-order valence-corrected chi connectivity index (χ0v) is 20.9. The summed E-state index contributed by atoms with van der Waals surface area (Å²) in [5.41, 5.74) is 5.10. The Kier molecular flexibility index (Phi) is 8.21. The molecule has 0 aliphatic carbocycles. The SMILES string of the molecule is CCc1nn(-c2ccc(-c3ccccc3CC(C)C)cc2)c(OCCN2CCOCC2)c1C(=O)O. The Morgan fingerprint density at radius 2 is 1.83 bits per heavy atom. The van der Waals surface area contributed by atoms with Gasteiger partial charge in [-0.1, -0.05) is 57.2 Å². The van der Waals surface area contributed by atoms with E-state index in [4.69, 9.17) is 9.47 Å². The second-order valence-electron chi connectivity index (χ2n) is 9.30. The molecule has 0 saturated carbocycles. The van der Waals surface area contributed by atoms with Crippen LogP contribution in [0, 0.1) is 5.92 Å². The van der Waals surface area contributed by atoms with Crippen molar-refractivity contribution in [3.05, 3.63) is 65.4 Å². The van der Waals surface area contributed by atoms with E-state index in [1.807, 2.05) is 19.1 Å². The zero-order valence-electron chi connectivity index (χ0n) is 20.9. The second kappa shape index (κ2) is 11.5. The molecule has 186 valence electrons. The number of carboxylic acids is 1. The molecule has 3 aromatic rings. The summed E-state index contributed by atoms with van der Waals surface area (Å²) in [6.45, 7) is 10.6. The standard InChI is InChI=1S/C28H35N3O4/c1-4-25-26(28(32)33)27(35-18-15-30-13-16-34-17-14-30)31(29-25)23-11-9-21(10-12-23)24-8-6-5-7-22(24)19-20(2)3/h5-12,20H,4,13-19H2,1-3H3,(H,32,33). The highest BCUT2D eigenvalue weighted by molar-refractivity contribution is 5.92. The molecule has 0 bridgehead atoms. The van der Waals surface area contributed by atoms with Crippen molar-refractivity contribution in [3.63, 3.8) is 0 Å². The van der Waals surface area contributed by atoms with Crippen molar-refractivity contribution in [3.8, 4) is 22.7 Å². The molecular formula is C28H35N3O4. The van der Waals surface area contributed by atoms with Gasteiger partial charge < -0.3 is 14.6 Å². The lowest BCUT2D eigenvalue weighted by Crippen LogP contribution is -2.38. The smallest absolute Gasteiger partial charge is 0.343 e. The summed E-state index contributed by atoms with van der Waals surface area (Å²) in [6, 6.07) is 16.6. The minimum atomic E-state index is -1.02. The van der Waals surface area contributed by atoms with Gasteiger partial charge in [0.1, 0.15) is 12.2 Å². The molecule has 0 amide bonds. The van der Waals surface area contributed by atoms with E-state index in [1.165, 1.54) is 11.1 Å². The van der Waals surface area contributed by atoms with E-state index in [0.717, 1.165) is 30.8 Å². The molecule has 0 radical (unpaired) electrons. The van der Waals surface area contributed by atoms with Crippen LogP contribution in [0.3, 0.4) is 0 Å². The third-order valence-corrected chi connectivity index (χ3v) is 6.28. The molecule has 1 fully saturated rings. The van der Waals surface area contributed by atoms with Gasteiger partial charge in [-0.2, -0.15) is 5.10 Å². The second-order valence-corrected chi connectivity index (χ2v) is 9.30. The number of nitrogens with zero attached hydrogens (tertiary/aromatic N) is 3. The van der Waals surface area contributed by atoms with E-state index in [-0.39, 0.29) is 11.4 Å². The minimum Gasteiger partial charge on any atom is -0.477 e. The largest absolute Gasteiger partial charge is 0.477 e. The number of hydrogen-bond acceptors (Lipinski definition) is 5. The van der Waals surface area contributed by atoms with Crippen molar-refractivity contribution in [2.45, 2.75) is 33.6 Å². The number of benzene rings is 2. The quantitative estimate of drug-likeness (QED) is 0.456. The first kappa shape index (κ1) is 24.9. The predicted octanol–water partition coefficient (Wildman–Crippen LogP) is 4.71. The maximum Gasteiger partial charge on any atom is 0.343 e. The topological polar surface area (TPSA) is 76.8 Å². The lowest BCUT2D eigenvalue weighted by atomic mass is 9.94. The number of aromatic nitrogens is 2. The summed E-state index contributed by atoms with van der Waals surface area (Å²) in [6.07, 6.45) is 1.52. The fourth-order valence-electron chi connectivity index (χ4n) is 4.51. The Hall–Kier alpha value is -3.16. The van der Waals surface area contributed by atoms with E-state index >= 15 is 0 Å². The van der Waals surface area contributed by atoms with Crippen molar-refractivity contribution in [1.29, 1.82) is 0 Å². The normalized spacial score (nSPS) is 14.4. The number of rotatable bonds is 10. The van der Waals surface area contributed by atoms with Crippen LogP contribution < -0.4 is 4.74 Å². The summed E-state index contributed by atoms with van der Waals surface area (Å²) < 4.78 is 13.1. The molecule has 0 atom stereocenters. The molecule has 0 spiro atoms. The van der Waals surface area contributed by atoms with Crippen molar-refractivity contribution in [1.82, 2.24) is 14.7 Å². The fraction of sp³-hybridized carbons (Fsp3) is 0.429. The van der Waals surface area contributed by atoms with E-state index < -0.39 is 5.97 Å². The zero-order chi connectivity index (χ0) is 24.8. The molecule has 0 unspecified atom stereocenters. The Bertz CT molecular complexity index is 1130. The average Bonchev–Trinajstić information content (AvgIpc) is 3.24. The predicted molar refractivity (Wildman–Crippen MR) is 137 cm³/mol. The highest BCUT2D eigenvalue weighted by atomic mass is 16.5. The monoisotopic (exact) mass is 477 g/mol. The van der Waals surface area contributed by atoms with Crippen LogP contribution >= 0.6 is 0 Å². The number of aromatic carboxylic acids is 1. The lowest BCUT2D eigenvalue weighted by Gasteiger charge is -2.26. The minimum absolute atomic E-state index is 0.140. The highest BCUT2D eigenvalue weighted by Crippen LogP contribution is 2.30. The van der Waals surface area contributed by atoms with E-state index in [9.17, 15) is 9.90 Å². The third kappa shape index (κ3) is 5.92. The Labute approximate surface area is 207 Å². The maximum absolute atomic E-state index is 12.1. The molecule has 7 nitrogen and oxygen atoms in total. The van der Waals surface area contributed by atoms with Crippen molar-refractivity contribution < 1.29 is 19.4 Å². The van der Waals surface area contributed by atoms with Crippen LogP contribution in [0.15, 0.2) is 48.5 Å². The average molecular weight is 478 g/mol. The summed E-state index contributed by atoms with van der Waals surface area (Å²) in [4.78, 5) is 14.4. The lowest BCUT2D eigenvalue weighted by molar-refractivity contribution is 0.0317. The van der Waals surface area contributed by atoms with Crippen LogP contribution in [-0.2, 0) is 17.6 Å². The van der Waals surface area contributed by atoms with Crippen molar-refractivity contribution in [2.24, 2.45) is 5.92 Å². The van der Waals surface area contributed by atoms with Gasteiger partial charge in [0.25, 0.3) is 0 Å². The van der Waals surface area contributed by atoms with E-state index in [1.54, 1.807) is 4.68 Å². The van der Waals surface area contributed by atoms with Gasteiger partial charge in [0.15, 0.2) is 0 Å². The summed E-state index contributed by atoms with van der Waals surface area (Å²) >= 11 is 0. The van der Waals surface area contributed by atoms with Gasteiger partial charge in [-0.05, 0) is 47.6 Å². The van der Waals surface area contributed by atoms with Crippen LogP contribution in [0.4, 0.5) is 0 Å². The molecule has 7 heteroatoms. The van der Waals surface area contributed by atoms with Crippen molar-refractivity contribution in [2.75, 3.05) is 39.5 Å². The van der Waals surface area contributed by atoms with E-state index in [0.29, 0.717) is 44.4 Å². The number of hydrogen-bond donors (Lipinski definition) is 1. The van der Waals surface area contributed by atoms with E-state index in [2.05, 4.69) is 60.2 Å². The third-order valence-electron chi connectivity index (χ3n) is 6.28. The van der Waals surface area contributed by atoms with Crippen LogP contribution in [0.2, 0.25) is 0 Å². The molecule has 1 saturated heterocycles. The van der Waals surface area contributed by atoms with Crippen LogP contribution in [-0.4, -0.2) is 65.2 Å². The van der Waals surface area contributed by atoms with Gasteiger partial charge in [-0.15, -0.1) is 0 Å². The van der Waals surface area contributed by atoms with Crippen LogP contribution in [0.5, 0.6) is 5.88 Å². The van der Waals surface area contributed by atoms with Crippen LogP contribution in [0.1, 0.15) is 42.4 Å². The fourth-order valence-corrected chi connectivity index (χ4v) is 4.51. The maximum atomic E-state index is 12.1. The van der Waals surface area contributed by atoms with Crippen LogP contribution in [0.25, 0.3) is 16.8 Å². The summed E-state index contributed by atoms with van der Waals surface area (Å²) in [5.74, 6) is -0.164. The Morgan fingerprint density at radius 3 is 2.49 bits per heavy atom. The summed E-state index contributed by atoms with van der Waals surface area (Å²) in [7, 11) is 0. The van der Waals surface area contributed by atoms with Gasteiger partial charge in [-0.25, -0.2) is 9.48 Å². The first-order valence-corrected chi connectivity index (χ1v) is 12.4. The molecule has 2 aromatic carbocycles. The molecule has 1 aliphatic heterocycles. The first-order valence-electron chi connectivity index (χ1n) is 12.4. The number of ether oxygens (including phenoxy) is 2. The number of aryl methyl sites for hydroxylation is 1. The highest BCUT2D eigenvalue weighted by Gasteiger charge is 2.25. The molecule has 4 rings (SSSR count). The number of carboxylic acid groups (broad SMARTS) is 1.